The number of carbonyl (C=O) groups excluding carboxylic acids is 2. The lowest BCUT2D eigenvalue weighted by molar-refractivity contribution is -0.299. The summed E-state index contributed by atoms with van der Waals surface area (Å²) in [6.45, 7) is 14.9. The highest BCUT2D eigenvalue weighted by atomic mass is 19.1. The van der Waals surface area contributed by atoms with Crippen molar-refractivity contribution in [2.75, 3.05) is 38.6 Å². The molecule has 0 unspecified atom stereocenters. The fourth-order valence-corrected chi connectivity index (χ4v) is 10.1. The number of likely N-dealkylation sites (N-methyl/N-ethyl adjacent to an activating group) is 2. The molecule has 6 rings (SSSR count). The van der Waals surface area contributed by atoms with Crippen molar-refractivity contribution in [3.8, 4) is 5.69 Å². The van der Waals surface area contributed by atoms with Crippen molar-refractivity contribution in [1.29, 1.82) is 0 Å². The zero-order chi connectivity index (χ0) is 48.4. The summed E-state index contributed by atoms with van der Waals surface area (Å²) in [6, 6.07) is 7.21. The molecule has 2 aromatic heterocycles. The Morgan fingerprint density at radius 2 is 1.70 bits per heavy atom. The normalized spacial score (nSPS) is 36.8. The molecular weight excluding hydrogens is 858 g/mol. The van der Waals surface area contributed by atoms with Gasteiger partial charge in [0, 0.05) is 56.1 Å². The quantitative estimate of drug-likeness (QED) is 0.175. The first kappa shape index (κ1) is 51.3. The van der Waals surface area contributed by atoms with Crippen molar-refractivity contribution in [3.05, 3.63) is 60.4 Å². The summed E-state index contributed by atoms with van der Waals surface area (Å²) in [5, 5.41) is 67.5. The molecule has 18 nitrogen and oxygen atoms in total. The van der Waals surface area contributed by atoms with E-state index in [2.05, 4.69) is 10.3 Å². The van der Waals surface area contributed by atoms with E-state index >= 15 is 4.39 Å². The van der Waals surface area contributed by atoms with E-state index in [4.69, 9.17) is 18.9 Å². The number of hydrogen-bond donors (Lipinski definition) is 5. The minimum Gasteiger partial charge on any atom is -0.459 e. The van der Waals surface area contributed by atoms with Crippen LogP contribution < -0.4 is 4.90 Å². The fourth-order valence-electron chi connectivity index (χ4n) is 10.1. The van der Waals surface area contributed by atoms with Crippen LogP contribution in [0.4, 0.5) is 14.9 Å². The number of esters is 1. The maximum Gasteiger partial charge on any atom is 0.414 e. The van der Waals surface area contributed by atoms with Gasteiger partial charge in [0.15, 0.2) is 6.29 Å². The van der Waals surface area contributed by atoms with Crippen molar-refractivity contribution in [2.45, 2.75) is 160 Å². The highest BCUT2D eigenvalue weighted by Crippen LogP contribution is 2.37. The van der Waals surface area contributed by atoms with Gasteiger partial charge in [0.05, 0.1) is 60.0 Å². The van der Waals surface area contributed by atoms with Crippen molar-refractivity contribution in [3.63, 3.8) is 0 Å². The summed E-state index contributed by atoms with van der Waals surface area (Å²) in [4.78, 5) is 31.7. The van der Waals surface area contributed by atoms with Crippen LogP contribution in [-0.4, -0.2) is 173 Å². The third-order valence-electron chi connectivity index (χ3n) is 14.1. The Balaban J connectivity index is 1.10. The molecule has 3 aliphatic rings. The molecule has 5 N–H and O–H groups in total. The van der Waals surface area contributed by atoms with Gasteiger partial charge >= 0.3 is 12.1 Å². The van der Waals surface area contributed by atoms with Gasteiger partial charge in [-0.25, -0.2) is 13.9 Å². The van der Waals surface area contributed by atoms with Gasteiger partial charge in [0.1, 0.15) is 35.8 Å². The summed E-state index contributed by atoms with van der Waals surface area (Å²) in [5.74, 6) is -3.43. The first-order valence-electron chi connectivity index (χ1n) is 23.2. The third kappa shape index (κ3) is 11.4. The lowest BCUT2D eigenvalue weighted by atomic mass is 9.78. The van der Waals surface area contributed by atoms with Gasteiger partial charge in [-0.1, -0.05) is 26.0 Å². The second-order valence-corrected chi connectivity index (χ2v) is 19.7. The van der Waals surface area contributed by atoms with Crippen LogP contribution in [0.15, 0.2) is 48.9 Å². The zero-order valence-electron chi connectivity index (χ0n) is 40.0. The summed E-state index contributed by atoms with van der Waals surface area (Å²) >= 11 is 0. The number of anilines is 1. The van der Waals surface area contributed by atoms with Gasteiger partial charge < -0.3 is 58.8 Å². The van der Waals surface area contributed by atoms with E-state index in [-0.39, 0.29) is 38.0 Å². The van der Waals surface area contributed by atoms with E-state index in [1.165, 1.54) is 24.8 Å². The largest absolute Gasteiger partial charge is 0.459 e. The smallest absolute Gasteiger partial charge is 0.414 e. The van der Waals surface area contributed by atoms with Gasteiger partial charge in [-0.3, -0.25) is 9.69 Å². The summed E-state index contributed by atoms with van der Waals surface area (Å²) in [6.07, 6.45) is -2.20. The zero-order valence-corrected chi connectivity index (χ0v) is 40.0. The molecule has 0 bridgehead atoms. The maximum absolute atomic E-state index is 15.0. The predicted molar refractivity (Wildman–Crippen MR) is 241 cm³/mol. The fraction of sp³-hybridized carbons (Fsp3) is 0.702. The van der Waals surface area contributed by atoms with Gasteiger partial charge in [-0.15, -0.1) is 5.10 Å². The van der Waals surface area contributed by atoms with E-state index in [1.807, 2.05) is 37.7 Å². The van der Waals surface area contributed by atoms with Crippen LogP contribution in [0.3, 0.4) is 0 Å². The maximum atomic E-state index is 15.0. The van der Waals surface area contributed by atoms with E-state index in [1.54, 1.807) is 79.8 Å². The molecule has 0 aliphatic carbocycles. The van der Waals surface area contributed by atoms with Crippen LogP contribution >= 0.6 is 0 Å². The predicted octanol–water partition coefficient (Wildman–Crippen LogP) is 3.14. The molecule has 1 aromatic carbocycles. The van der Waals surface area contributed by atoms with E-state index < -0.39 is 95.9 Å². The highest BCUT2D eigenvalue weighted by molar-refractivity contribution is 5.89. The Morgan fingerprint density at radius 1 is 1.00 bits per heavy atom. The summed E-state index contributed by atoms with van der Waals surface area (Å²) in [7, 11) is 3.69. The Bertz CT molecular complexity index is 2070. The second kappa shape index (κ2) is 21.1. The number of cyclic esters (lactones) is 2. The van der Waals surface area contributed by atoms with E-state index in [0.717, 1.165) is 0 Å². The highest BCUT2D eigenvalue weighted by Gasteiger charge is 2.50. The molecule has 3 aliphatic heterocycles. The molecular formula is C47H72FN7O11. The molecule has 0 spiro atoms. The Morgan fingerprint density at radius 3 is 2.36 bits per heavy atom. The number of carbonyl (C=O) groups is 2. The molecule has 3 saturated heterocycles. The molecule has 15 atom stereocenters. The average Bonchev–Trinajstić information content (AvgIpc) is 4.04. The monoisotopic (exact) mass is 930 g/mol. The number of amides is 1. The molecule has 3 fully saturated rings. The standard InChI is InChI=1S/C47H72FN7O11/c1-11-38-47(8,62)41(58)31(6)52(10)23-27(2)22-46(7,61)42(29(4)39(56)30(5)43(59)65-38)66-44-40(57)37(20-28(3)63-44)51(9)19-16-32-24-54(50-49-32)25-34-26-55(45(60)64-34)33-14-15-36(35(48)21-33)53-17-12-13-18-53/h12-15,17-18,21,24,27-31,34,37-42,44,56-58,61-62H,11,16,19-20,22-23,25-26H2,1-10H3/t27-,28-,29+,30-,31-,34+,37+,38-,39+,40-,41-,42-,44+,46-,47-/m1/s1. The summed E-state index contributed by atoms with van der Waals surface area (Å²) < 4.78 is 42.5. The molecule has 0 radical (unpaired) electrons. The number of benzene rings is 1. The number of ether oxygens (including phenoxy) is 4. The third-order valence-corrected chi connectivity index (χ3v) is 14.1. The summed E-state index contributed by atoms with van der Waals surface area (Å²) in [5.41, 5.74) is -1.99. The van der Waals surface area contributed by atoms with Crippen LogP contribution in [0.25, 0.3) is 5.69 Å². The van der Waals surface area contributed by atoms with Crippen LogP contribution in [0.1, 0.15) is 80.3 Å². The van der Waals surface area contributed by atoms with Crippen LogP contribution in [0.2, 0.25) is 0 Å². The Hall–Kier alpha value is -4.05. The number of nitrogens with zero attached hydrogens (tertiary/aromatic N) is 7. The van der Waals surface area contributed by atoms with Gasteiger partial charge in [-0.05, 0) is 104 Å². The molecule has 0 saturated carbocycles. The number of halogens is 1. The number of hydrogen-bond acceptors (Lipinski definition) is 15. The Kier molecular flexibility index (Phi) is 16.4. The first-order valence-corrected chi connectivity index (χ1v) is 23.2. The van der Waals surface area contributed by atoms with E-state index in [9.17, 15) is 35.1 Å². The molecule has 368 valence electrons. The number of aliphatic hydroxyl groups excluding tert-OH is 3. The van der Waals surface area contributed by atoms with Crippen LogP contribution in [0, 0.1) is 23.6 Å². The van der Waals surface area contributed by atoms with E-state index in [0.29, 0.717) is 43.0 Å². The number of rotatable bonds is 11. The SMILES string of the molecule is CC[C@H]1OC(=O)[C@H](C)[C@@H](O)[C@H](C)[C@@H](O[C@@H]2O[C@H](C)C[C@H](N(C)CCc3cn(C[C@H]4CN(c5ccc(-n6cccc6)c(F)c5)C(=O)O4)nn3)[C@H]2O)[C@](C)(O)C[C@@H](C)CN(C)[C@H](C)[C@@H](O)[C@]1(C)O. The minimum absolute atomic E-state index is 0.178. The van der Waals surface area contributed by atoms with Crippen molar-refractivity contribution in [2.24, 2.45) is 17.8 Å². The lowest BCUT2D eigenvalue weighted by Gasteiger charge is -2.47. The van der Waals surface area contributed by atoms with Gasteiger partial charge in [0.25, 0.3) is 0 Å². The molecule has 66 heavy (non-hydrogen) atoms. The average molecular weight is 930 g/mol. The van der Waals surface area contributed by atoms with Crippen LogP contribution in [0.5, 0.6) is 0 Å². The van der Waals surface area contributed by atoms with Crippen molar-refractivity contribution < 1.29 is 58.5 Å². The lowest BCUT2D eigenvalue weighted by Crippen LogP contribution is -2.59. The number of aromatic nitrogens is 4. The van der Waals surface area contributed by atoms with Crippen LogP contribution in [-0.2, 0) is 36.7 Å². The molecule has 1 amide bonds. The second-order valence-electron chi connectivity index (χ2n) is 19.7. The molecule has 3 aromatic rings. The molecule has 5 heterocycles. The Labute approximate surface area is 387 Å². The van der Waals surface area contributed by atoms with Gasteiger partial charge in [0.2, 0.25) is 0 Å². The van der Waals surface area contributed by atoms with Crippen molar-refractivity contribution in [1.82, 2.24) is 29.4 Å². The molecule has 19 heteroatoms. The number of aliphatic hydroxyl groups is 5. The van der Waals surface area contributed by atoms with Gasteiger partial charge in [-0.2, -0.15) is 0 Å². The topological polar surface area (TPSA) is 218 Å². The minimum atomic E-state index is -1.80. The van der Waals surface area contributed by atoms with Crippen molar-refractivity contribution >= 4 is 17.7 Å². The first-order chi connectivity index (χ1) is 31.0.